The van der Waals surface area contributed by atoms with Crippen LogP contribution in [0.5, 0.6) is 0 Å². The number of hydrogen-bond acceptors (Lipinski definition) is 6. The molecule has 136 valence electrons. The van der Waals surface area contributed by atoms with Crippen LogP contribution in [0.4, 0.5) is 5.69 Å². The molecule has 1 aliphatic rings. The predicted octanol–water partition coefficient (Wildman–Crippen LogP) is 1.46. The summed E-state index contributed by atoms with van der Waals surface area (Å²) in [6, 6.07) is 7.64. The van der Waals surface area contributed by atoms with Gasteiger partial charge in [0, 0.05) is 5.69 Å². The second-order valence-electron chi connectivity index (χ2n) is 5.91. The molecular weight excluding hydrogens is 356 g/mol. The van der Waals surface area contributed by atoms with Crippen LogP contribution < -0.4 is 10.6 Å². The lowest BCUT2D eigenvalue weighted by molar-refractivity contribution is 0.102. The van der Waals surface area contributed by atoms with Gasteiger partial charge < -0.3 is 10.6 Å². The number of piperidine rings is 1. The molecule has 26 heavy (non-hydrogen) atoms. The monoisotopic (exact) mass is 374 g/mol. The molecule has 3 aromatic rings. The van der Waals surface area contributed by atoms with E-state index in [9.17, 15) is 4.79 Å². The summed E-state index contributed by atoms with van der Waals surface area (Å²) in [5.41, 5.74) is 1.87. The van der Waals surface area contributed by atoms with E-state index in [-0.39, 0.29) is 18.3 Å². The van der Waals surface area contributed by atoms with Crippen molar-refractivity contribution >= 4 is 24.0 Å². The first kappa shape index (κ1) is 18.0. The fourth-order valence-corrected chi connectivity index (χ4v) is 2.87. The highest BCUT2D eigenvalue weighted by atomic mass is 35.5. The Balaban J connectivity index is 0.00000196. The minimum atomic E-state index is -0.270. The Hall–Kier alpha value is -2.78. The van der Waals surface area contributed by atoms with Crippen LogP contribution in [0.3, 0.4) is 0 Å². The number of rotatable bonds is 4. The summed E-state index contributed by atoms with van der Waals surface area (Å²) in [6.07, 6.45) is 7.07. The normalized spacial score (nSPS) is 14.6. The number of amides is 1. The molecule has 1 aromatic carbocycles. The van der Waals surface area contributed by atoms with E-state index in [0.717, 1.165) is 31.6 Å². The molecule has 2 N–H and O–H groups in total. The van der Waals surface area contributed by atoms with Crippen LogP contribution in [0, 0.1) is 0 Å². The summed E-state index contributed by atoms with van der Waals surface area (Å²) >= 11 is 0. The summed E-state index contributed by atoms with van der Waals surface area (Å²) in [4.78, 5) is 12.4. The van der Waals surface area contributed by atoms with Crippen molar-refractivity contribution in [1.82, 2.24) is 35.3 Å². The molecule has 1 amide bonds. The highest BCUT2D eigenvalue weighted by Crippen LogP contribution is 2.18. The van der Waals surface area contributed by atoms with Gasteiger partial charge in [-0.15, -0.1) is 22.6 Å². The topological polar surface area (TPSA) is 103 Å². The van der Waals surface area contributed by atoms with E-state index in [2.05, 4.69) is 31.3 Å². The van der Waals surface area contributed by atoms with Crippen molar-refractivity contribution in [3.63, 3.8) is 0 Å². The molecule has 0 saturated carbocycles. The quantitative estimate of drug-likeness (QED) is 0.716. The van der Waals surface area contributed by atoms with Gasteiger partial charge in [-0.1, -0.05) is 10.4 Å². The molecule has 3 heterocycles. The number of carbonyl (C=O) groups is 1. The van der Waals surface area contributed by atoms with Gasteiger partial charge in [-0.3, -0.25) is 4.79 Å². The van der Waals surface area contributed by atoms with Gasteiger partial charge in [-0.05, 0) is 50.2 Å². The van der Waals surface area contributed by atoms with E-state index in [1.807, 2.05) is 24.3 Å². The fraction of sp³-hybridized carbons (Fsp3) is 0.312. The largest absolute Gasteiger partial charge is 0.321 e. The second-order valence-corrected chi connectivity index (χ2v) is 5.91. The molecule has 0 unspecified atom stereocenters. The van der Waals surface area contributed by atoms with Crippen LogP contribution >= 0.6 is 12.4 Å². The van der Waals surface area contributed by atoms with Crippen molar-refractivity contribution in [2.24, 2.45) is 0 Å². The van der Waals surface area contributed by atoms with E-state index >= 15 is 0 Å². The van der Waals surface area contributed by atoms with E-state index in [1.54, 1.807) is 28.0 Å². The van der Waals surface area contributed by atoms with Crippen LogP contribution in [0.2, 0.25) is 0 Å². The molecule has 0 atom stereocenters. The number of anilines is 1. The summed E-state index contributed by atoms with van der Waals surface area (Å²) in [5.74, 6) is -0.270. The zero-order valence-corrected chi connectivity index (χ0v) is 14.8. The van der Waals surface area contributed by atoms with Crippen LogP contribution in [-0.2, 0) is 0 Å². The molecule has 0 aliphatic carbocycles. The Morgan fingerprint density at radius 2 is 1.92 bits per heavy atom. The molecular formula is C16H19ClN8O. The maximum atomic E-state index is 12.4. The first-order valence-electron chi connectivity index (χ1n) is 8.20. The van der Waals surface area contributed by atoms with E-state index in [0.29, 0.717) is 17.4 Å². The van der Waals surface area contributed by atoms with Gasteiger partial charge in [-0.2, -0.15) is 0 Å². The zero-order chi connectivity index (χ0) is 17.1. The van der Waals surface area contributed by atoms with Gasteiger partial charge in [0.25, 0.3) is 5.91 Å². The van der Waals surface area contributed by atoms with Gasteiger partial charge in [-0.25, -0.2) is 9.36 Å². The number of halogens is 1. The van der Waals surface area contributed by atoms with Crippen LogP contribution in [0.15, 0.2) is 42.9 Å². The van der Waals surface area contributed by atoms with Crippen molar-refractivity contribution in [2.75, 3.05) is 18.4 Å². The van der Waals surface area contributed by atoms with Gasteiger partial charge in [0.1, 0.15) is 0 Å². The highest BCUT2D eigenvalue weighted by molar-refractivity contribution is 6.02. The van der Waals surface area contributed by atoms with Crippen molar-refractivity contribution in [3.05, 3.63) is 48.5 Å². The lowest BCUT2D eigenvalue weighted by atomic mass is 10.1. The maximum absolute atomic E-state index is 12.4. The van der Waals surface area contributed by atoms with Crippen LogP contribution in [0.25, 0.3) is 5.69 Å². The smallest absolute Gasteiger partial charge is 0.277 e. The molecule has 0 spiro atoms. The minimum absolute atomic E-state index is 0. The van der Waals surface area contributed by atoms with Crippen LogP contribution in [0.1, 0.15) is 29.4 Å². The first-order chi connectivity index (χ1) is 12.3. The first-order valence-corrected chi connectivity index (χ1v) is 8.20. The van der Waals surface area contributed by atoms with Gasteiger partial charge in [0.15, 0.2) is 5.69 Å². The molecule has 1 saturated heterocycles. The number of nitrogens with one attached hydrogen (secondary N) is 2. The van der Waals surface area contributed by atoms with E-state index in [1.165, 1.54) is 0 Å². The molecule has 1 aliphatic heterocycles. The molecule has 9 nitrogen and oxygen atoms in total. The summed E-state index contributed by atoms with van der Waals surface area (Å²) < 4.78 is 3.44. The standard InChI is InChI=1S/C16H18N8O.ClH/c25-16(15-11-24(22-20-15)14-5-7-17-8-6-14)19-12-1-3-13(4-2-12)23-10-9-18-21-23;/h1-4,9-11,14,17H,5-8H2,(H,19,25);1H. The van der Waals surface area contributed by atoms with Crippen molar-refractivity contribution in [2.45, 2.75) is 18.9 Å². The number of carbonyl (C=O) groups excluding carboxylic acids is 1. The van der Waals surface area contributed by atoms with Crippen LogP contribution in [-0.4, -0.2) is 49.0 Å². The van der Waals surface area contributed by atoms with Gasteiger partial charge in [0.05, 0.1) is 30.3 Å². The zero-order valence-electron chi connectivity index (χ0n) is 13.9. The molecule has 1 fully saturated rings. The Morgan fingerprint density at radius 3 is 2.62 bits per heavy atom. The summed E-state index contributed by atoms with van der Waals surface area (Å²) in [7, 11) is 0. The van der Waals surface area contributed by atoms with Gasteiger partial charge >= 0.3 is 0 Å². The third kappa shape index (κ3) is 3.89. The molecule has 0 radical (unpaired) electrons. The Morgan fingerprint density at radius 1 is 1.15 bits per heavy atom. The Bertz CT molecular complexity index is 840. The molecule has 10 heteroatoms. The van der Waals surface area contributed by atoms with Crippen molar-refractivity contribution in [1.29, 1.82) is 0 Å². The Kier molecular flexibility index (Phi) is 5.59. The SMILES string of the molecule is Cl.O=C(Nc1ccc(-n2ccnn2)cc1)c1cn(C2CCNCC2)nn1. The summed E-state index contributed by atoms with van der Waals surface area (Å²) in [6.45, 7) is 1.92. The lowest BCUT2D eigenvalue weighted by Crippen LogP contribution is -2.29. The van der Waals surface area contributed by atoms with Gasteiger partial charge in [0.2, 0.25) is 0 Å². The molecule has 2 aromatic heterocycles. The molecule has 0 bridgehead atoms. The van der Waals surface area contributed by atoms with Crippen molar-refractivity contribution in [3.8, 4) is 5.69 Å². The summed E-state index contributed by atoms with van der Waals surface area (Å²) in [5, 5.41) is 22.0. The average Bonchev–Trinajstić information content (AvgIpc) is 3.35. The van der Waals surface area contributed by atoms with E-state index < -0.39 is 0 Å². The highest BCUT2D eigenvalue weighted by Gasteiger charge is 2.18. The van der Waals surface area contributed by atoms with Crippen molar-refractivity contribution < 1.29 is 4.79 Å². The number of benzene rings is 1. The average molecular weight is 375 g/mol. The maximum Gasteiger partial charge on any atom is 0.277 e. The second kappa shape index (κ2) is 8.07. The number of hydrogen-bond donors (Lipinski definition) is 2. The fourth-order valence-electron chi connectivity index (χ4n) is 2.87. The molecule has 4 rings (SSSR count). The van der Waals surface area contributed by atoms with E-state index in [4.69, 9.17) is 0 Å². The Labute approximate surface area is 156 Å². The number of aromatic nitrogens is 6. The predicted molar refractivity (Wildman–Crippen MR) is 97.7 cm³/mol. The third-order valence-corrected chi connectivity index (χ3v) is 4.24. The third-order valence-electron chi connectivity index (χ3n) is 4.24. The lowest BCUT2D eigenvalue weighted by Gasteiger charge is -2.22. The minimum Gasteiger partial charge on any atom is -0.321 e. The number of nitrogens with zero attached hydrogens (tertiary/aromatic N) is 6.